The molecular formula is C32H60O4. The van der Waals surface area contributed by atoms with Gasteiger partial charge >= 0.3 is 11.9 Å². The highest BCUT2D eigenvalue weighted by Gasteiger charge is 2.13. The summed E-state index contributed by atoms with van der Waals surface area (Å²) in [5.74, 6) is -0.886. The van der Waals surface area contributed by atoms with Crippen LogP contribution < -0.4 is 0 Å². The molecule has 0 spiro atoms. The Balaban J connectivity index is 3.95. The molecule has 0 rings (SSSR count). The molecule has 0 fully saturated rings. The fourth-order valence-corrected chi connectivity index (χ4v) is 4.60. The van der Waals surface area contributed by atoms with Gasteiger partial charge in [0.05, 0.1) is 0 Å². The molecule has 0 saturated heterocycles. The van der Waals surface area contributed by atoms with Crippen molar-refractivity contribution in [1.82, 2.24) is 0 Å². The maximum atomic E-state index is 12.2. The number of ether oxygens (including phenoxy) is 2. The third-order valence-corrected chi connectivity index (χ3v) is 7.09. The van der Waals surface area contributed by atoms with Crippen LogP contribution in [0.3, 0.4) is 0 Å². The molecule has 0 aromatic carbocycles. The molecule has 2 unspecified atom stereocenters. The summed E-state index contributed by atoms with van der Waals surface area (Å²) in [5.41, 5.74) is 0. The number of rotatable bonds is 26. The molecular weight excluding hydrogens is 448 g/mol. The summed E-state index contributed by atoms with van der Waals surface area (Å²) in [4.78, 5) is 24.3. The Bertz CT molecular complexity index is 482. The van der Waals surface area contributed by atoms with Gasteiger partial charge in [0, 0.05) is 12.2 Å². The van der Waals surface area contributed by atoms with Crippen LogP contribution in [-0.2, 0) is 19.1 Å². The van der Waals surface area contributed by atoms with Gasteiger partial charge in [-0.1, -0.05) is 130 Å². The van der Waals surface area contributed by atoms with E-state index in [4.69, 9.17) is 9.47 Å². The van der Waals surface area contributed by atoms with Crippen LogP contribution in [0.15, 0.2) is 12.2 Å². The normalized spacial score (nSPS) is 13.1. The molecule has 2 atom stereocenters. The highest BCUT2D eigenvalue weighted by atomic mass is 16.5. The molecule has 0 aliphatic carbocycles. The SMILES string of the molecule is CCCCCCCCCCCC(CC)OC(=O)/C=C\C(=O)OC(CC)CCCCCCCCCCC. The molecule has 0 radical (unpaired) electrons. The Morgan fingerprint density at radius 1 is 0.472 bits per heavy atom. The van der Waals surface area contributed by atoms with E-state index in [1.165, 1.54) is 115 Å². The van der Waals surface area contributed by atoms with Gasteiger partial charge in [0.25, 0.3) is 0 Å². The zero-order chi connectivity index (χ0) is 26.7. The number of hydrogen-bond donors (Lipinski definition) is 0. The summed E-state index contributed by atoms with van der Waals surface area (Å²) < 4.78 is 11.1. The average molecular weight is 509 g/mol. The highest BCUT2D eigenvalue weighted by molar-refractivity contribution is 5.91. The molecule has 0 heterocycles. The lowest BCUT2D eigenvalue weighted by Crippen LogP contribution is -2.18. The van der Waals surface area contributed by atoms with E-state index in [0.29, 0.717) is 0 Å². The molecule has 0 aromatic heterocycles. The highest BCUT2D eigenvalue weighted by Crippen LogP contribution is 2.16. The quantitative estimate of drug-likeness (QED) is 0.0662. The van der Waals surface area contributed by atoms with Gasteiger partial charge in [0.1, 0.15) is 12.2 Å². The summed E-state index contributed by atoms with van der Waals surface area (Å²) in [6.07, 6.45) is 28.9. The Labute approximate surface area is 224 Å². The number of carbonyl (C=O) groups excluding carboxylic acids is 2. The van der Waals surface area contributed by atoms with Crippen molar-refractivity contribution in [2.45, 2.75) is 181 Å². The van der Waals surface area contributed by atoms with E-state index in [0.717, 1.165) is 38.5 Å². The van der Waals surface area contributed by atoms with Crippen LogP contribution in [0.1, 0.15) is 169 Å². The lowest BCUT2D eigenvalue weighted by atomic mass is 10.0. The third-order valence-electron chi connectivity index (χ3n) is 7.09. The average Bonchev–Trinajstić information content (AvgIpc) is 2.88. The van der Waals surface area contributed by atoms with Crippen molar-refractivity contribution in [2.24, 2.45) is 0 Å². The Kier molecular flexibility index (Phi) is 25.8. The number of carbonyl (C=O) groups is 2. The second kappa shape index (κ2) is 26.7. The number of hydrogen-bond acceptors (Lipinski definition) is 4. The molecule has 212 valence electrons. The maximum Gasteiger partial charge on any atom is 0.331 e. The largest absolute Gasteiger partial charge is 0.459 e. The van der Waals surface area contributed by atoms with Crippen molar-refractivity contribution in [2.75, 3.05) is 0 Å². The Morgan fingerprint density at radius 3 is 1.03 bits per heavy atom. The topological polar surface area (TPSA) is 52.6 Å². The van der Waals surface area contributed by atoms with Crippen molar-refractivity contribution >= 4 is 11.9 Å². The third kappa shape index (κ3) is 23.1. The van der Waals surface area contributed by atoms with Crippen LogP contribution in [-0.4, -0.2) is 24.1 Å². The zero-order valence-electron chi connectivity index (χ0n) is 24.5. The van der Waals surface area contributed by atoms with Crippen LogP contribution in [0.5, 0.6) is 0 Å². The molecule has 4 nitrogen and oxygen atoms in total. The zero-order valence-corrected chi connectivity index (χ0v) is 24.5. The summed E-state index contributed by atoms with van der Waals surface area (Å²) in [6, 6.07) is 0. The first-order chi connectivity index (χ1) is 17.6. The lowest BCUT2D eigenvalue weighted by molar-refractivity contribution is -0.146. The van der Waals surface area contributed by atoms with Gasteiger partial charge in [-0.15, -0.1) is 0 Å². The minimum absolute atomic E-state index is 0.0715. The first-order valence-electron chi connectivity index (χ1n) is 15.7. The fourth-order valence-electron chi connectivity index (χ4n) is 4.60. The summed E-state index contributed by atoms with van der Waals surface area (Å²) in [6.45, 7) is 8.59. The minimum atomic E-state index is -0.443. The fraction of sp³-hybridized carbons (Fsp3) is 0.875. The Hall–Kier alpha value is -1.32. The second-order valence-corrected chi connectivity index (χ2v) is 10.5. The van der Waals surface area contributed by atoms with Crippen molar-refractivity contribution in [3.8, 4) is 0 Å². The van der Waals surface area contributed by atoms with Crippen LogP contribution in [0.2, 0.25) is 0 Å². The molecule has 4 heteroatoms. The van der Waals surface area contributed by atoms with Gasteiger partial charge in [-0.3, -0.25) is 0 Å². The van der Waals surface area contributed by atoms with Crippen molar-refractivity contribution < 1.29 is 19.1 Å². The smallest absolute Gasteiger partial charge is 0.331 e. The molecule has 0 amide bonds. The molecule has 0 N–H and O–H groups in total. The number of unbranched alkanes of at least 4 members (excludes halogenated alkanes) is 16. The molecule has 0 aromatic rings. The first kappa shape index (κ1) is 34.7. The van der Waals surface area contributed by atoms with E-state index < -0.39 is 11.9 Å². The molecule has 0 aliphatic rings. The molecule has 0 saturated carbocycles. The molecule has 0 bridgehead atoms. The van der Waals surface area contributed by atoms with Gasteiger partial charge < -0.3 is 9.47 Å². The second-order valence-electron chi connectivity index (χ2n) is 10.5. The van der Waals surface area contributed by atoms with E-state index >= 15 is 0 Å². The molecule has 0 aliphatic heterocycles. The van der Waals surface area contributed by atoms with Crippen molar-refractivity contribution in [3.05, 3.63) is 12.2 Å². The van der Waals surface area contributed by atoms with Crippen LogP contribution in [0, 0.1) is 0 Å². The van der Waals surface area contributed by atoms with Crippen molar-refractivity contribution in [3.63, 3.8) is 0 Å². The monoisotopic (exact) mass is 508 g/mol. The predicted molar refractivity (Wildman–Crippen MR) is 153 cm³/mol. The van der Waals surface area contributed by atoms with Gasteiger partial charge in [-0.25, -0.2) is 9.59 Å². The van der Waals surface area contributed by atoms with E-state index in [9.17, 15) is 9.59 Å². The van der Waals surface area contributed by atoms with E-state index in [-0.39, 0.29) is 12.2 Å². The van der Waals surface area contributed by atoms with Gasteiger partial charge in [0.15, 0.2) is 0 Å². The van der Waals surface area contributed by atoms with Crippen LogP contribution in [0.4, 0.5) is 0 Å². The molecule has 36 heavy (non-hydrogen) atoms. The van der Waals surface area contributed by atoms with Gasteiger partial charge in [-0.2, -0.15) is 0 Å². The summed E-state index contributed by atoms with van der Waals surface area (Å²) >= 11 is 0. The predicted octanol–water partition coefficient (Wildman–Crippen LogP) is 10.0. The van der Waals surface area contributed by atoms with E-state index in [2.05, 4.69) is 13.8 Å². The number of esters is 2. The van der Waals surface area contributed by atoms with E-state index in [1.54, 1.807) is 0 Å². The van der Waals surface area contributed by atoms with E-state index in [1.807, 2.05) is 13.8 Å². The lowest BCUT2D eigenvalue weighted by Gasteiger charge is -2.16. The van der Waals surface area contributed by atoms with Crippen LogP contribution in [0.25, 0.3) is 0 Å². The van der Waals surface area contributed by atoms with Crippen molar-refractivity contribution in [1.29, 1.82) is 0 Å². The Morgan fingerprint density at radius 2 is 0.750 bits per heavy atom. The summed E-state index contributed by atoms with van der Waals surface area (Å²) in [5, 5.41) is 0. The van der Waals surface area contributed by atoms with Gasteiger partial charge in [-0.05, 0) is 38.5 Å². The van der Waals surface area contributed by atoms with Crippen LogP contribution >= 0.6 is 0 Å². The first-order valence-corrected chi connectivity index (χ1v) is 15.7. The van der Waals surface area contributed by atoms with Gasteiger partial charge in [0.2, 0.25) is 0 Å². The summed E-state index contributed by atoms with van der Waals surface area (Å²) in [7, 11) is 0. The minimum Gasteiger partial charge on any atom is -0.459 e. The maximum absolute atomic E-state index is 12.2. The standard InChI is InChI=1S/C32H60O4/c1-5-9-11-13-15-17-19-21-23-25-29(7-3)35-31(33)27-28-32(34)36-30(8-4)26-24-22-20-18-16-14-12-10-6-2/h27-30H,5-26H2,1-4H3/b28-27-.